The SMILES string of the molecule is CC[Si](C)(O[Si](C)(C)C)O[Si](C)(COC)O[Si](C)(C/C=[Si](\C)O[Si](C)(C)C)O[Si](C)(C)C[Si](C)=O. The van der Waals surface area contributed by atoms with E-state index in [4.69, 9.17) is 25.3 Å². The molecule has 0 amide bonds. The number of hydrogen-bond acceptors (Lipinski definition) is 7. The van der Waals surface area contributed by atoms with Gasteiger partial charge in [-0.15, -0.1) is 0 Å². The maximum absolute atomic E-state index is 12.2. The van der Waals surface area contributed by atoms with Crippen LogP contribution in [-0.2, 0) is 29.8 Å². The van der Waals surface area contributed by atoms with E-state index in [1.807, 2.05) is 6.55 Å². The van der Waals surface area contributed by atoms with Gasteiger partial charge in [0.25, 0.3) is 8.68 Å². The van der Waals surface area contributed by atoms with E-state index in [2.05, 4.69) is 91.2 Å². The average Bonchev–Trinajstić information content (AvgIpc) is 2.54. The van der Waals surface area contributed by atoms with E-state index >= 15 is 0 Å². The molecule has 3 atom stereocenters. The minimum atomic E-state index is -2.81. The molecule has 0 aromatic rings. The molecule has 0 heterocycles. The van der Waals surface area contributed by atoms with E-state index in [9.17, 15) is 4.46 Å². The molecule has 0 rings (SSSR count). The maximum Gasteiger partial charge on any atom is 0.344 e. The first-order valence-electron chi connectivity index (χ1n) is 12.6. The lowest BCUT2D eigenvalue weighted by Gasteiger charge is -2.44. The Kier molecular flexibility index (Phi) is 14.3. The minimum Gasteiger partial charge on any atom is -0.605 e. The predicted molar refractivity (Wildman–Crippen MR) is 166 cm³/mol. The monoisotopic (exact) mass is 630 g/mol. The third-order valence-electron chi connectivity index (χ3n) is 4.83. The second kappa shape index (κ2) is 13.9. The van der Waals surface area contributed by atoms with E-state index < -0.39 is 68.0 Å². The molecule has 0 radical (unpaired) electrons. The van der Waals surface area contributed by atoms with Gasteiger partial charge in [-0.05, 0) is 91.2 Å². The van der Waals surface area contributed by atoms with Crippen LogP contribution in [0, 0.1) is 0 Å². The first-order chi connectivity index (χ1) is 15.5. The van der Waals surface area contributed by atoms with E-state index in [0.717, 1.165) is 12.1 Å². The first-order valence-corrected chi connectivity index (χ1v) is 34.2. The third kappa shape index (κ3) is 16.5. The van der Waals surface area contributed by atoms with Crippen molar-refractivity contribution in [2.45, 2.75) is 110 Å². The smallest absolute Gasteiger partial charge is 0.344 e. The molecule has 0 aliphatic heterocycles. The zero-order valence-corrected chi connectivity index (χ0v) is 33.3. The van der Waals surface area contributed by atoms with Gasteiger partial charge in [-0.3, -0.25) is 0 Å². The van der Waals surface area contributed by atoms with Gasteiger partial charge in [0.2, 0.25) is 17.0 Å². The largest absolute Gasteiger partial charge is 0.605 e. The van der Waals surface area contributed by atoms with Crippen molar-refractivity contribution in [3.63, 3.8) is 0 Å². The highest BCUT2D eigenvalue weighted by molar-refractivity contribution is 6.94. The second-order valence-corrected chi connectivity index (χ2v) is 41.3. The van der Waals surface area contributed by atoms with Crippen LogP contribution in [0.1, 0.15) is 6.92 Å². The van der Waals surface area contributed by atoms with Crippen LogP contribution in [-0.4, -0.2) is 87.0 Å². The topological polar surface area (TPSA) is 72.5 Å². The van der Waals surface area contributed by atoms with Crippen LogP contribution < -0.4 is 0 Å². The first kappa shape index (κ1) is 36.0. The quantitative estimate of drug-likeness (QED) is 0.184. The summed E-state index contributed by atoms with van der Waals surface area (Å²) in [6, 6.07) is 1.57. The normalized spacial score (nSPS) is 19.0. The van der Waals surface area contributed by atoms with Crippen molar-refractivity contribution in [3.8, 4) is 0 Å². The lowest BCUT2D eigenvalue weighted by molar-refractivity contribution is 0.192. The van der Waals surface area contributed by atoms with Crippen LogP contribution in [0.4, 0.5) is 0 Å². The molecule has 0 aliphatic carbocycles. The molecule has 35 heavy (non-hydrogen) atoms. The molecule has 7 nitrogen and oxygen atoms in total. The summed E-state index contributed by atoms with van der Waals surface area (Å²) in [6.07, 6.45) is 0.415. The fourth-order valence-electron chi connectivity index (χ4n) is 4.25. The van der Waals surface area contributed by atoms with E-state index in [-0.39, 0.29) is 0 Å². The summed E-state index contributed by atoms with van der Waals surface area (Å²) in [5, 5.41) is 0. The Hall–Kier alpha value is 1.01. The molecule has 0 aromatic carbocycles. The Bertz CT molecular complexity index is 725. The van der Waals surface area contributed by atoms with Gasteiger partial charge in [-0.2, -0.15) is 0 Å². The number of ether oxygens (including phenoxy) is 1. The minimum absolute atomic E-state index is 0.415. The molecule has 208 valence electrons. The molecule has 15 heteroatoms. The zero-order valence-electron chi connectivity index (χ0n) is 25.3. The zero-order chi connectivity index (χ0) is 27.9. The van der Waals surface area contributed by atoms with Crippen molar-refractivity contribution in [3.05, 3.63) is 0 Å². The molecular weight excluding hydrogens is 577 g/mol. The van der Waals surface area contributed by atoms with Crippen molar-refractivity contribution < 1.29 is 29.8 Å². The lowest BCUT2D eigenvalue weighted by Crippen LogP contribution is -2.63. The van der Waals surface area contributed by atoms with Crippen molar-refractivity contribution in [2.24, 2.45) is 0 Å². The van der Waals surface area contributed by atoms with E-state index in [1.54, 1.807) is 7.11 Å². The maximum atomic E-state index is 12.2. The number of methoxy groups -OCH3 is 1. The molecule has 0 aliphatic rings. The predicted octanol–water partition coefficient (Wildman–Crippen LogP) is 5.96. The fraction of sp³-hybridized carbons (Fsp3) is 0.950. The highest BCUT2D eigenvalue weighted by Crippen LogP contribution is 2.30. The fourth-order valence-corrected chi connectivity index (χ4v) is 38.4. The van der Waals surface area contributed by atoms with Crippen LogP contribution in [0.25, 0.3) is 0 Å². The Morgan fingerprint density at radius 3 is 1.63 bits per heavy atom. The summed E-state index contributed by atoms with van der Waals surface area (Å²) in [4.78, 5) is 0. The van der Waals surface area contributed by atoms with Crippen LogP contribution in [0.3, 0.4) is 0 Å². The molecule has 0 saturated carbocycles. The standard InChI is InChI=1S/C20H54O7Si8/c1-16-33(13,24-31(8,9)10)26-35(15,19-22-2)27-34(14,25-32(11,12)20-28(3)21)18-17-29(4)23-30(5,6)7/h17H,16,18-20H2,1-15H3/b29-17+. The van der Waals surface area contributed by atoms with Gasteiger partial charge in [-0.25, -0.2) is 0 Å². The molecule has 0 spiro atoms. The molecule has 3 unspecified atom stereocenters. The van der Waals surface area contributed by atoms with Gasteiger partial charge in [0.15, 0.2) is 16.6 Å². The van der Waals surface area contributed by atoms with Crippen LogP contribution in [0.15, 0.2) is 0 Å². The van der Waals surface area contributed by atoms with Gasteiger partial charge in [0.1, 0.15) is 0 Å². The summed E-state index contributed by atoms with van der Waals surface area (Å²) in [5.41, 5.74) is 2.95. The number of hydrogen-bond donors (Lipinski definition) is 0. The van der Waals surface area contributed by atoms with Crippen LogP contribution >= 0.6 is 0 Å². The van der Waals surface area contributed by atoms with Crippen LogP contribution in [0.2, 0.25) is 103 Å². The van der Waals surface area contributed by atoms with Gasteiger partial charge in [0.05, 0.1) is 6.23 Å². The molecule has 0 aromatic heterocycles. The Labute approximate surface area is 225 Å². The van der Waals surface area contributed by atoms with Gasteiger partial charge < -0.3 is 29.8 Å². The summed E-state index contributed by atoms with van der Waals surface area (Å²) in [7, 11) is -14.7. The Morgan fingerprint density at radius 1 is 0.714 bits per heavy atom. The highest BCUT2D eigenvalue weighted by atomic mass is 28.5. The molecule has 0 fully saturated rings. The summed E-state index contributed by atoms with van der Waals surface area (Å²) < 4.78 is 51.7. The Balaban J connectivity index is 6.23. The van der Waals surface area contributed by atoms with Crippen molar-refractivity contribution in [1.82, 2.24) is 0 Å². The van der Waals surface area contributed by atoms with Gasteiger partial charge in [0, 0.05) is 18.8 Å². The van der Waals surface area contributed by atoms with Crippen molar-refractivity contribution in [1.29, 1.82) is 0 Å². The van der Waals surface area contributed by atoms with Crippen molar-refractivity contribution >= 4 is 73.6 Å². The molecular formula is C20H54O7Si8. The average molecular weight is 631 g/mol. The Morgan fingerprint density at radius 2 is 1.23 bits per heavy atom. The lowest BCUT2D eigenvalue weighted by atomic mass is 11.0. The molecule has 0 N–H and O–H groups in total. The van der Waals surface area contributed by atoms with Crippen LogP contribution in [0.5, 0.6) is 0 Å². The molecule has 0 saturated heterocycles. The second-order valence-electron chi connectivity index (χ2n) is 12.6. The van der Waals surface area contributed by atoms with E-state index in [0.29, 0.717) is 11.9 Å². The number of rotatable bonds is 17. The summed E-state index contributed by atoms with van der Waals surface area (Å²) in [5.74, 6) is 0. The highest BCUT2D eigenvalue weighted by Gasteiger charge is 2.50. The summed E-state index contributed by atoms with van der Waals surface area (Å²) in [6.45, 7) is 30.1. The van der Waals surface area contributed by atoms with E-state index in [1.165, 1.54) is 0 Å². The van der Waals surface area contributed by atoms with Crippen molar-refractivity contribution in [2.75, 3.05) is 13.3 Å². The third-order valence-corrected chi connectivity index (χ3v) is 33.2. The molecule has 0 bridgehead atoms. The van der Waals surface area contributed by atoms with Gasteiger partial charge >= 0.3 is 25.7 Å². The van der Waals surface area contributed by atoms with Gasteiger partial charge in [-0.1, -0.05) is 12.6 Å². The summed E-state index contributed by atoms with van der Waals surface area (Å²) >= 11 is 0.